The van der Waals surface area contributed by atoms with Crippen LogP contribution in [0.1, 0.15) is 23.7 Å². The molecule has 0 saturated heterocycles. The summed E-state index contributed by atoms with van der Waals surface area (Å²) in [5, 5.41) is 7.67. The van der Waals surface area contributed by atoms with E-state index in [1.54, 1.807) is 12.3 Å². The van der Waals surface area contributed by atoms with Gasteiger partial charge in [-0.05, 0) is 18.6 Å². The predicted molar refractivity (Wildman–Crippen MR) is 80.0 cm³/mol. The largest absolute Gasteiger partial charge is 0.389 e. The highest BCUT2D eigenvalue weighted by atomic mass is 32.1. The smallest absolute Gasteiger partial charge is 0.126 e. The number of pyridine rings is 1. The Balaban J connectivity index is 2.09. The van der Waals surface area contributed by atoms with Gasteiger partial charge in [0.2, 0.25) is 0 Å². The molecule has 2 rings (SSSR count). The van der Waals surface area contributed by atoms with Crippen molar-refractivity contribution in [1.82, 2.24) is 14.8 Å². The summed E-state index contributed by atoms with van der Waals surface area (Å²) in [5.74, 6) is 0.760. The van der Waals surface area contributed by atoms with Gasteiger partial charge in [-0.2, -0.15) is 5.10 Å². The fraction of sp³-hybridized carbons (Fsp3) is 0.308. The number of aryl methyl sites for hydroxylation is 2. The number of hydrogen-bond donors (Lipinski definition) is 2. The predicted octanol–water partition coefficient (Wildman–Crippen LogP) is 1.62. The molecule has 0 fully saturated rings. The molecule has 0 aliphatic heterocycles. The van der Waals surface area contributed by atoms with Crippen molar-refractivity contribution in [3.05, 3.63) is 41.3 Å². The van der Waals surface area contributed by atoms with Crippen molar-refractivity contribution in [2.45, 2.75) is 19.9 Å². The lowest BCUT2D eigenvalue weighted by Gasteiger charge is -2.06. The van der Waals surface area contributed by atoms with Gasteiger partial charge in [0.25, 0.3) is 0 Å². The van der Waals surface area contributed by atoms with Gasteiger partial charge in [-0.15, -0.1) is 0 Å². The lowest BCUT2D eigenvalue weighted by atomic mass is 10.2. The van der Waals surface area contributed by atoms with Crippen LogP contribution < -0.4 is 11.1 Å². The molecule has 2 aromatic rings. The maximum atomic E-state index is 5.60. The summed E-state index contributed by atoms with van der Waals surface area (Å²) in [5.41, 5.74) is 8.69. The molecule has 0 amide bonds. The van der Waals surface area contributed by atoms with Crippen LogP contribution in [0.15, 0.2) is 24.5 Å². The fourth-order valence-corrected chi connectivity index (χ4v) is 2.02. The molecule has 100 valence electrons. The quantitative estimate of drug-likeness (QED) is 0.812. The van der Waals surface area contributed by atoms with Crippen molar-refractivity contribution in [2.24, 2.45) is 12.8 Å². The zero-order chi connectivity index (χ0) is 13.8. The highest BCUT2D eigenvalue weighted by molar-refractivity contribution is 7.80. The number of nitrogens with two attached hydrogens (primary N) is 1. The second-order valence-electron chi connectivity index (χ2n) is 4.28. The standard InChI is InChI=1S/C13H17N5S/c1-3-11-10(8-18(2)17-11)7-16-12-6-9(13(14)19)4-5-15-12/h4-6,8H,3,7H2,1-2H3,(H2,14,19)(H,15,16). The van der Waals surface area contributed by atoms with Gasteiger partial charge in [0, 0.05) is 37.1 Å². The van der Waals surface area contributed by atoms with Crippen molar-refractivity contribution >= 4 is 23.0 Å². The topological polar surface area (TPSA) is 68.8 Å². The van der Waals surface area contributed by atoms with Gasteiger partial charge in [0.1, 0.15) is 10.8 Å². The van der Waals surface area contributed by atoms with Crippen LogP contribution >= 0.6 is 12.2 Å². The molecule has 0 unspecified atom stereocenters. The molecule has 2 heterocycles. The Labute approximate surface area is 117 Å². The van der Waals surface area contributed by atoms with Gasteiger partial charge >= 0.3 is 0 Å². The minimum absolute atomic E-state index is 0.376. The number of rotatable bonds is 5. The van der Waals surface area contributed by atoms with Gasteiger partial charge < -0.3 is 11.1 Å². The molecule has 0 radical (unpaired) electrons. The van der Waals surface area contributed by atoms with Crippen molar-refractivity contribution < 1.29 is 0 Å². The summed E-state index contributed by atoms with van der Waals surface area (Å²) in [7, 11) is 1.92. The Bertz CT molecular complexity index is 590. The molecule has 0 spiro atoms. The Morgan fingerprint density at radius 2 is 2.32 bits per heavy atom. The molecule has 19 heavy (non-hydrogen) atoms. The van der Waals surface area contributed by atoms with E-state index in [0.717, 1.165) is 23.5 Å². The minimum Gasteiger partial charge on any atom is -0.389 e. The average molecular weight is 275 g/mol. The van der Waals surface area contributed by atoms with E-state index in [9.17, 15) is 0 Å². The minimum atomic E-state index is 0.376. The first kappa shape index (κ1) is 13.5. The first-order chi connectivity index (χ1) is 9.10. The first-order valence-corrected chi connectivity index (χ1v) is 6.52. The number of hydrogen-bond acceptors (Lipinski definition) is 4. The summed E-state index contributed by atoms with van der Waals surface area (Å²) in [6.07, 6.45) is 4.63. The maximum Gasteiger partial charge on any atom is 0.126 e. The van der Waals surface area contributed by atoms with E-state index in [2.05, 4.69) is 22.3 Å². The number of thiocarbonyl (C=S) groups is 1. The van der Waals surface area contributed by atoms with E-state index >= 15 is 0 Å². The Kier molecular flexibility index (Phi) is 4.11. The second-order valence-corrected chi connectivity index (χ2v) is 4.72. The summed E-state index contributed by atoms with van der Waals surface area (Å²) < 4.78 is 1.83. The van der Waals surface area contributed by atoms with Gasteiger partial charge in [-0.25, -0.2) is 4.98 Å². The average Bonchev–Trinajstić information content (AvgIpc) is 2.77. The maximum absolute atomic E-state index is 5.60. The van der Waals surface area contributed by atoms with Crippen LogP contribution in [0.25, 0.3) is 0 Å². The molecule has 0 bridgehead atoms. The lowest BCUT2D eigenvalue weighted by molar-refractivity contribution is 0.746. The lowest BCUT2D eigenvalue weighted by Crippen LogP contribution is -2.10. The molecular formula is C13H17N5S. The molecule has 0 aromatic carbocycles. The van der Waals surface area contributed by atoms with E-state index in [-0.39, 0.29) is 0 Å². The fourth-order valence-electron chi connectivity index (χ4n) is 1.90. The van der Waals surface area contributed by atoms with Gasteiger partial charge in [-0.1, -0.05) is 19.1 Å². The highest BCUT2D eigenvalue weighted by Gasteiger charge is 2.06. The van der Waals surface area contributed by atoms with Crippen LogP contribution in [-0.2, 0) is 20.0 Å². The van der Waals surface area contributed by atoms with Gasteiger partial charge in [0.05, 0.1) is 5.69 Å². The molecule has 6 heteroatoms. The third kappa shape index (κ3) is 3.29. The van der Waals surface area contributed by atoms with Crippen molar-refractivity contribution in [3.63, 3.8) is 0 Å². The van der Waals surface area contributed by atoms with Crippen LogP contribution in [-0.4, -0.2) is 19.8 Å². The molecular weight excluding hydrogens is 258 g/mol. The molecule has 5 nitrogen and oxygen atoms in total. The van der Waals surface area contributed by atoms with Crippen LogP contribution in [0, 0.1) is 0 Å². The van der Waals surface area contributed by atoms with Gasteiger partial charge in [0.15, 0.2) is 0 Å². The highest BCUT2D eigenvalue weighted by Crippen LogP contribution is 2.11. The Hall–Kier alpha value is -1.95. The third-order valence-electron chi connectivity index (χ3n) is 2.83. The molecule has 2 aromatic heterocycles. The molecule has 0 aliphatic rings. The number of nitrogens with one attached hydrogen (secondary N) is 1. The van der Waals surface area contributed by atoms with Crippen LogP contribution in [0.4, 0.5) is 5.82 Å². The van der Waals surface area contributed by atoms with E-state index in [4.69, 9.17) is 18.0 Å². The summed E-state index contributed by atoms with van der Waals surface area (Å²) in [6.45, 7) is 2.78. The number of anilines is 1. The van der Waals surface area contributed by atoms with Crippen LogP contribution in [0.3, 0.4) is 0 Å². The normalized spacial score (nSPS) is 10.4. The number of nitrogens with zero attached hydrogens (tertiary/aromatic N) is 3. The third-order valence-corrected chi connectivity index (χ3v) is 3.07. The Morgan fingerprint density at radius 1 is 1.53 bits per heavy atom. The SMILES string of the molecule is CCc1nn(C)cc1CNc1cc(C(N)=S)ccn1. The molecule has 0 atom stereocenters. The van der Waals surface area contributed by atoms with E-state index in [1.165, 1.54) is 5.56 Å². The van der Waals surface area contributed by atoms with Crippen LogP contribution in [0.5, 0.6) is 0 Å². The van der Waals surface area contributed by atoms with Gasteiger partial charge in [-0.3, -0.25) is 4.68 Å². The van der Waals surface area contributed by atoms with E-state index < -0.39 is 0 Å². The zero-order valence-corrected chi connectivity index (χ0v) is 11.9. The van der Waals surface area contributed by atoms with Crippen molar-refractivity contribution in [3.8, 4) is 0 Å². The second kappa shape index (κ2) is 5.79. The molecule has 3 N–H and O–H groups in total. The molecule has 0 aliphatic carbocycles. The van der Waals surface area contributed by atoms with Crippen molar-refractivity contribution in [1.29, 1.82) is 0 Å². The Morgan fingerprint density at radius 3 is 3.00 bits per heavy atom. The first-order valence-electron chi connectivity index (χ1n) is 6.11. The van der Waals surface area contributed by atoms with Crippen LogP contribution in [0.2, 0.25) is 0 Å². The van der Waals surface area contributed by atoms with E-state index in [0.29, 0.717) is 11.5 Å². The molecule has 0 saturated carbocycles. The van der Waals surface area contributed by atoms with Crippen molar-refractivity contribution in [2.75, 3.05) is 5.32 Å². The zero-order valence-electron chi connectivity index (χ0n) is 11.1. The summed E-state index contributed by atoms with van der Waals surface area (Å²) in [4.78, 5) is 4.62. The van der Waals surface area contributed by atoms with E-state index in [1.807, 2.05) is 24.0 Å². The summed E-state index contributed by atoms with van der Waals surface area (Å²) >= 11 is 4.95. The monoisotopic (exact) mass is 275 g/mol. The number of aromatic nitrogens is 3. The summed E-state index contributed by atoms with van der Waals surface area (Å²) in [6, 6.07) is 3.65.